The van der Waals surface area contributed by atoms with Gasteiger partial charge in [0, 0.05) is 6.54 Å². The van der Waals surface area contributed by atoms with Crippen molar-refractivity contribution in [3.05, 3.63) is 29.8 Å². The summed E-state index contributed by atoms with van der Waals surface area (Å²) in [6.45, 7) is 8.79. The number of carbonyl (C=O) groups excluding carboxylic acids is 1. The highest BCUT2D eigenvalue weighted by molar-refractivity contribution is 5.84. The van der Waals surface area contributed by atoms with Gasteiger partial charge in [-0.05, 0) is 45.4 Å². The highest BCUT2D eigenvalue weighted by Crippen LogP contribution is 2.11. The Kier molecular flexibility index (Phi) is 7.38. The summed E-state index contributed by atoms with van der Waals surface area (Å²) in [6, 6.07) is 7.71. The zero-order valence-electron chi connectivity index (χ0n) is 14.6. The topological polar surface area (TPSA) is 72.0 Å². The maximum Gasteiger partial charge on any atom is 0.325 e. The lowest BCUT2D eigenvalue weighted by Gasteiger charge is -2.20. The van der Waals surface area contributed by atoms with E-state index in [9.17, 15) is 4.79 Å². The second-order valence-corrected chi connectivity index (χ2v) is 5.98. The van der Waals surface area contributed by atoms with E-state index in [1.54, 1.807) is 7.11 Å². The maximum absolute atomic E-state index is 11.7. The van der Waals surface area contributed by atoms with E-state index in [0.717, 1.165) is 11.3 Å². The number of ether oxygens (including phenoxy) is 2. The molecule has 6 heteroatoms. The second kappa shape index (κ2) is 9.02. The number of benzene rings is 1. The van der Waals surface area contributed by atoms with Gasteiger partial charge in [-0.15, -0.1) is 0 Å². The molecule has 128 valence electrons. The van der Waals surface area contributed by atoms with Crippen molar-refractivity contribution in [3.8, 4) is 5.75 Å². The molecule has 0 atom stereocenters. The van der Waals surface area contributed by atoms with E-state index in [1.165, 1.54) is 0 Å². The van der Waals surface area contributed by atoms with Crippen LogP contribution >= 0.6 is 0 Å². The van der Waals surface area contributed by atoms with Crippen LogP contribution in [0.15, 0.2) is 29.3 Å². The fourth-order valence-corrected chi connectivity index (χ4v) is 1.78. The van der Waals surface area contributed by atoms with Gasteiger partial charge in [0.1, 0.15) is 17.9 Å². The molecule has 0 aliphatic carbocycles. The van der Waals surface area contributed by atoms with E-state index >= 15 is 0 Å². The number of aliphatic imine (C=N–C) groups is 1. The first-order valence-corrected chi connectivity index (χ1v) is 7.71. The minimum atomic E-state index is -0.489. The quantitative estimate of drug-likeness (QED) is 0.477. The third-order valence-electron chi connectivity index (χ3n) is 2.74. The molecular formula is C17H27N3O3. The Morgan fingerprint density at radius 2 is 1.83 bits per heavy atom. The van der Waals surface area contributed by atoms with Crippen LogP contribution in [0, 0.1) is 0 Å². The standard InChI is InChI=1S/C17H27N3O3/c1-6-18-16(20-12-15(21)23-17(2,3)4)19-11-13-7-9-14(22-5)10-8-13/h7-10H,6,11-12H2,1-5H3,(H2,18,19,20). The Morgan fingerprint density at radius 1 is 1.17 bits per heavy atom. The molecule has 0 radical (unpaired) electrons. The van der Waals surface area contributed by atoms with Crippen molar-refractivity contribution in [2.24, 2.45) is 4.99 Å². The molecule has 0 unspecified atom stereocenters. The van der Waals surface area contributed by atoms with Crippen LogP contribution in [0.5, 0.6) is 5.75 Å². The van der Waals surface area contributed by atoms with E-state index in [-0.39, 0.29) is 12.5 Å². The number of esters is 1. The van der Waals surface area contributed by atoms with Crippen molar-refractivity contribution in [3.63, 3.8) is 0 Å². The third-order valence-corrected chi connectivity index (χ3v) is 2.74. The highest BCUT2D eigenvalue weighted by Gasteiger charge is 2.16. The summed E-state index contributed by atoms with van der Waals surface area (Å²) in [5, 5.41) is 6.08. The van der Waals surface area contributed by atoms with Gasteiger partial charge in [0.25, 0.3) is 0 Å². The van der Waals surface area contributed by atoms with Crippen molar-refractivity contribution < 1.29 is 14.3 Å². The summed E-state index contributed by atoms with van der Waals surface area (Å²) in [6.07, 6.45) is 0. The van der Waals surface area contributed by atoms with Crippen LogP contribution < -0.4 is 15.4 Å². The highest BCUT2D eigenvalue weighted by atomic mass is 16.6. The average molecular weight is 321 g/mol. The molecule has 2 N–H and O–H groups in total. The van der Waals surface area contributed by atoms with E-state index in [1.807, 2.05) is 52.0 Å². The molecule has 0 aliphatic heterocycles. The smallest absolute Gasteiger partial charge is 0.325 e. The van der Waals surface area contributed by atoms with Gasteiger partial charge in [-0.3, -0.25) is 4.79 Å². The third kappa shape index (κ3) is 8.09. The van der Waals surface area contributed by atoms with Gasteiger partial charge >= 0.3 is 5.97 Å². The minimum absolute atomic E-state index is 0.0751. The zero-order chi connectivity index (χ0) is 17.3. The van der Waals surface area contributed by atoms with Crippen LogP contribution in [0.25, 0.3) is 0 Å². The van der Waals surface area contributed by atoms with E-state index in [4.69, 9.17) is 9.47 Å². The lowest BCUT2D eigenvalue weighted by Crippen LogP contribution is -2.41. The summed E-state index contributed by atoms with van der Waals surface area (Å²) >= 11 is 0. The Morgan fingerprint density at radius 3 is 2.35 bits per heavy atom. The predicted molar refractivity (Wildman–Crippen MR) is 91.7 cm³/mol. The zero-order valence-corrected chi connectivity index (χ0v) is 14.6. The normalized spacial score (nSPS) is 11.8. The molecule has 6 nitrogen and oxygen atoms in total. The van der Waals surface area contributed by atoms with E-state index in [0.29, 0.717) is 19.0 Å². The molecule has 0 spiro atoms. The van der Waals surface area contributed by atoms with Gasteiger partial charge in [-0.25, -0.2) is 4.99 Å². The average Bonchev–Trinajstić information content (AvgIpc) is 2.49. The van der Waals surface area contributed by atoms with Crippen molar-refractivity contribution >= 4 is 11.9 Å². The molecule has 0 aliphatic rings. The molecular weight excluding hydrogens is 294 g/mol. The summed E-state index contributed by atoms with van der Waals surface area (Å²) in [5.41, 5.74) is 0.567. The Bertz CT molecular complexity index is 519. The lowest BCUT2D eigenvalue weighted by molar-refractivity contribution is -0.153. The van der Waals surface area contributed by atoms with Crippen LogP contribution in [0.1, 0.15) is 33.3 Å². The largest absolute Gasteiger partial charge is 0.497 e. The number of guanidine groups is 1. The molecule has 1 rings (SSSR count). The van der Waals surface area contributed by atoms with Gasteiger partial charge in [0.05, 0.1) is 13.7 Å². The van der Waals surface area contributed by atoms with Gasteiger partial charge in [0.2, 0.25) is 0 Å². The van der Waals surface area contributed by atoms with Crippen LogP contribution in [0.4, 0.5) is 0 Å². The molecule has 1 aromatic rings. The monoisotopic (exact) mass is 321 g/mol. The molecule has 1 aromatic carbocycles. The molecule has 0 aromatic heterocycles. The van der Waals surface area contributed by atoms with Crippen molar-refractivity contribution in [2.75, 3.05) is 20.2 Å². The number of methoxy groups -OCH3 is 1. The van der Waals surface area contributed by atoms with Crippen molar-refractivity contribution in [1.29, 1.82) is 0 Å². The van der Waals surface area contributed by atoms with Crippen LogP contribution in [-0.2, 0) is 16.1 Å². The minimum Gasteiger partial charge on any atom is -0.497 e. The van der Waals surface area contributed by atoms with Gasteiger partial charge in [-0.1, -0.05) is 12.1 Å². The summed E-state index contributed by atoms with van der Waals surface area (Å²) in [4.78, 5) is 16.2. The SMILES string of the molecule is CCNC(=NCc1ccc(OC)cc1)NCC(=O)OC(C)(C)C. The molecule has 0 heterocycles. The molecule has 0 saturated carbocycles. The number of hydrogen-bond donors (Lipinski definition) is 2. The van der Waals surface area contributed by atoms with Crippen LogP contribution in [0.2, 0.25) is 0 Å². The molecule has 0 fully saturated rings. The van der Waals surface area contributed by atoms with Gasteiger partial charge < -0.3 is 20.1 Å². The van der Waals surface area contributed by atoms with Crippen molar-refractivity contribution in [2.45, 2.75) is 39.8 Å². The maximum atomic E-state index is 11.7. The number of nitrogens with zero attached hydrogens (tertiary/aromatic N) is 1. The fourth-order valence-electron chi connectivity index (χ4n) is 1.78. The Balaban J connectivity index is 2.57. The molecule has 23 heavy (non-hydrogen) atoms. The van der Waals surface area contributed by atoms with Gasteiger partial charge in [0.15, 0.2) is 5.96 Å². The first kappa shape index (κ1) is 18.8. The molecule has 0 amide bonds. The lowest BCUT2D eigenvalue weighted by atomic mass is 10.2. The summed E-state index contributed by atoms with van der Waals surface area (Å²) < 4.78 is 10.4. The number of hydrogen-bond acceptors (Lipinski definition) is 4. The Labute approximate surface area is 138 Å². The second-order valence-electron chi connectivity index (χ2n) is 5.98. The number of nitrogens with one attached hydrogen (secondary N) is 2. The van der Waals surface area contributed by atoms with Crippen LogP contribution in [-0.4, -0.2) is 37.7 Å². The number of rotatable bonds is 6. The first-order chi connectivity index (χ1) is 10.8. The van der Waals surface area contributed by atoms with Crippen LogP contribution in [0.3, 0.4) is 0 Å². The van der Waals surface area contributed by atoms with Gasteiger partial charge in [-0.2, -0.15) is 0 Å². The predicted octanol–water partition coefficient (Wildman–Crippen LogP) is 2.09. The molecule has 0 saturated heterocycles. The Hall–Kier alpha value is -2.24. The molecule has 0 bridgehead atoms. The van der Waals surface area contributed by atoms with Crippen molar-refractivity contribution in [1.82, 2.24) is 10.6 Å². The number of carbonyl (C=O) groups is 1. The summed E-state index contributed by atoms with van der Waals surface area (Å²) in [7, 11) is 1.64. The fraction of sp³-hybridized carbons (Fsp3) is 0.529. The van der Waals surface area contributed by atoms with E-state index < -0.39 is 5.60 Å². The van der Waals surface area contributed by atoms with E-state index in [2.05, 4.69) is 15.6 Å². The summed E-state index contributed by atoms with van der Waals surface area (Å²) in [5.74, 6) is 1.08. The first-order valence-electron chi connectivity index (χ1n) is 7.71.